The zero-order chi connectivity index (χ0) is 22.8. The summed E-state index contributed by atoms with van der Waals surface area (Å²) in [7, 11) is 0. The second-order valence-corrected chi connectivity index (χ2v) is 8.61. The molecule has 1 aliphatic rings. The lowest BCUT2D eigenvalue weighted by Crippen LogP contribution is -2.43. The second kappa shape index (κ2) is 8.99. The van der Waals surface area contributed by atoms with Gasteiger partial charge in [0.1, 0.15) is 0 Å². The summed E-state index contributed by atoms with van der Waals surface area (Å²) in [4.78, 5) is 15.7. The van der Waals surface area contributed by atoms with E-state index < -0.39 is 17.6 Å². The fraction of sp³-hybridized carbons (Fsp3) is 0.269. The van der Waals surface area contributed by atoms with Crippen LogP contribution in [-0.2, 0) is 17.9 Å². The molecule has 1 aliphatic heterocycles. The van der Waals surface area contributed by atoms with Crippen LogP contribution in [-0.4, -0.2) is 11.9 Å². The Morgan fingerprint density at radius 1 is 1.00 bits per heavy atom. The minimum atomic E-state index is -0.924. The van der Waals surface area contributed by atoms with E-state index in [0.29, 0.717) is 17.8 Å². The van der Waals surface area contributed by atoms with Crippen LogP contribution >= 0.6 is 0 Å². The van der Waals surface area contributed by atoms with Crippen molar-refractivity contribution in [3.8, 4) is 0 Å². The van der Waals surface area contributed by atoms with Gasteiger partial charge in [0.25, 0.3) is 0 Å². The Morgan fingerprint density at radius 2 is 1.75 bits per heavy atom. The van der Waals surface area contributed by atoms with E-state index in [0.717, 1.165) is 28.9 Å². The maximum Gasteiger partial charge on any atom is 0.229 e. The topological polar surface area (TPSA) is 58.4 Å². The number of nitrogens with one attached hydrogen (secondary N) is 1. The van der Waals surface area contributed by atoms with Gasteiger partial charge < -0.3 is 16.0 Å². The van der Waals surface area contributed by atoms with Gasteiger partial charge in [-0.3, -0.25) is 4.79 Å². The van der Waals surface area contributed by atoms with Gasteiger partial charge in [0.05, 0.1) is 5.92 Å². The molecule has 0 aliphatic carbocycles. The molecule has 3 aromatic carbocycles. The fourth-order valence-electron chi connectivity index (χ4n) is 4.56. The predicted octanol–water partition coefficient (Wildman–Crippen LogP) is 4.99. The number of nitrogen functional groups attached to an aromatic ring is 1. The first-order valence-corrected chi connectivity index (χ1v) is 10.8. The van der Waals surface area contributed by atoms with Crippen molar-refractivity contribution in [2.75, 3.05) is 10.6 Å². The highest BCUT2D eigenvalue weighted by Gasteiger charge is 2.44. The molecule has 0 fully saturated rings. The third-order valence-corrected chi connectivity index (χ3v) is 6.01. The summed E-state index contributed by atoms with van der Waals surface area (Å²) in [5.74, 6) is -2.19. The van der Waals surface area contributed by atoms with Crippen molar-refractivity contribution >= 4 is 17.3 Å². The summed E-state index contributed by atoms with van der Waals surface area (Å²) in [6.45, 7) is 4.99. The SMILES string of the molecule is CC(C)C1C(C(=O)NCc2ccc(F)c(F)c2)c2ccc(N)cc2N1Cc1ccccc1. The van der Waals surface area contributed by atoms with Crippen LogP contribution in [0.5, 0.6) is 0 Å². The molecule has 32 heavy (non-hydrogen) atoms. The van der Waals surface area contributed by atoms with E-state index in [4.69, 9.17) is 5.73 Å². The Balaban J connectivity index is 1.64. The van der Waals surface area contributed by atoms with E-state index in [-0.39, 0.29) is 24.4 Å². The van der Waals surface area contributed by atoms with E-state index in [2.05, 4.69) is 36.2 Å². The first kappa shape index (κ1) is 21.8. The lowest BCUT2D eigenvalue weighted by molar-refractivity contribution is -0.123. The molecule has 0 radical (unpaired) electrons. The number of carbonyl (C=O) groups is 1. The predicted molar refractivity (Wildman–Crippen MR) is 123 cm³/mol. The normalized spacial score (nSPS) is 17.5. The number of carbonyl (C=O) groups excluding carboxylic acids is 1. The molecule has 0 aromatic heterocycles. The number of rotatable bonds is 6. The van der Waals surface area contributed by atoms with Crippen LogP contribution in [0, 0.1) is 17.6 Å². The van der Waals surface area contributed by atoms with Crippen LogP contribution in [0.15, 0.2) is 66.7 Å². The van der Waals surface area contributed by atoms with Crippen LogP contribution in [0.4, 0.5) is 20.2 Å². The molecule has 3 aromatic rings. The van der Waals surface area contributed by atoms with Crippen LogP contribution in [0.25, 0.3) is 0 Å². The Morgan fingerprint density at radius 3 is 2.44 bits per heavy atom. The van der Waals surface area contributed by atoms with E-state index in [1.165, 1.54) is 6.07 Å². The molecule has 0 spiro atoms. The van der Waals surface area contributed by atoms with Gasteiger partial charge in [0.2, 0.25) is 5.91 Å². The van der Waals surface area contributed by atoms with E-state index >= 15 is 0 Å². The van der Waals surface area contributed by atoms with Crippen LogP contribution in [0.1, 0.15) is 36.5 Å². The van der Waals surface area contributed by atoms with Crippen molar-refractivity contribution in [1.29, 1.82) is 0 Å². The number of halogens is 2. The number of nitrogens with zero attached hydrogens (tertiary/aromatic N) is 1. The Hall–Kier alpha value is -3.41. The molecule has 2 unspecified atom stereocenters. The Labute approximate surface area is 187 Å². The highest BCUT2D eigenvalue weighted by atomic mass is 19.2. The number of anilines is 2. The summed E-state index contributed by atoms with van der Waals surface area (Å²) < 4.78 is 26.8. The average Bonchev–Trinajstić information content (AvgIpc) is 3.08. The lowest BCUT2D eigenvalue weighted by Gasteiger charge is -2.33. The molecule has 0 bridgehead atoms. The zero-order valence-corrected chi connectivity index (χ0v) is 18.2. The van der Waals surface area contributed by atoms with Crippen LogP contribution in [0.2, 0.25) is 0 Å². The number of hydrogen-bond donors (Lipinski definition) is 2. The third kappa shape index (κ3) is 4.31. The number of fused-ring (bicyclic) bond motifs is 1. The molecule has 0 saturated heterocycles. The third-order valence-electron chi connectivity index (χ3n) is 6.01. The molecule has 1 amide bonds. The molecular formula is C26H27F2N3O. The zero-order valence-electron chi connectivity index (χ0n) is 18.2. The minimum absolute atomic E-state index is 0.0723. The Bertz CT molecular complexity index is 1120. The van der Waals surface area contributed by atoms with Gasteiger partial charge in [0.15, 0.2) is 11.6 Å². The standard InChI is InChI=1S/C26H27F2N3O/c1-16(2)25-24(26(32)30-14-18-8-11-21(27)22(28)12-18)20-10-9-19(29)13-23(20)31(25)15-17-6-4-3-5-7-17/h3-13,16,24-25H,14-15,29H2,1-2H3,(H,30,32). The van der Waals surface area contributed by atoms with Gasteiger partial charge in [-0.25, -0.2) is 8.78 Å². The monoisotopic (exact) mass is 435 g/mol. The van der Waals surface area contributed by atoms with Crippen molar-refractivity contribution in [2.24, 2.45) is 5.92 Å². The summed E-state index contributed by atoms with van der Waals surface area (Å²) in [5, 5.41) is 2.93. The highest BCUT2D eigenvalue weighted by Crippen LogP contribution is 2.45. The van der Waals surface area contributed by atoms with Gasteiger partial charge in [0, 0.05) is 30.5 Å². The largest absolute Gasteiger partial charge is 0.399 e. The van der Waals surface area contributed by atoms with Crippen molar-refractivity contribution in [3.05, 3.63) is 95.1 Å². The molecule has 4 nitrogen and oxygen atoms in total. The second-order valence-electron chi connectivity index (χ2n) is 8.61. The molecule has 3 N–H and O–H groups in total. The quantitative estimate of drug-likeness (QED) is 0.536. The molecule has 4 rings (SSSR count). The van der Waals surface area contributed by atoms with Crippen molar-refractivity contribution in [3.63, 3.8) is 0 Å². The van der Waals surface area contributed by atoms with Crippen molar-refractivity contribution < 1.29 is 13.6 Å². The van der Waals surface area contributed by atoms with Gasteiger partial charge in [-0.2, -0.15) is 0 Å². The summed E-state index contributed by atoms with van der Waals surface area (Å²) in [6, 6.07) is 19.4. The number of amides is 1. The first-order valence-electron chi connectivity index (χ1n) is 10.8. The van der Waals surface area contributed by atoms with Crippen molar-refractivity contribution in [1.82, 2.24) is 5.32 Å². The fourth-order valence-corrected chi connectivity index (χ4v) is 4.56. The summed E-state index contributed by atoms with van der Waals surface area (Å²) in [5.41, 5.74) is 10.3. The van der Waals surface area contributed by atoms with E-state index in [1.807, 2.05) is 36.4 Å². The van der Waals surface area contributed by atoms with Gasteiger partial charge in [-0.05, 0) is 46.9 Å². The summed E-state index contributed by atoms with van der Waals surface area (Å²) in [6.07, 6.45) is 0. The number of nitrogens with two attached hydrogens (primary N) is 1. The molecular weight excluding hydrogens is 408 g/mol. The number of hydrogen-bond acceptors (Lipinski definition) is 3. The van der Waals surface area contributed by atoms with E-state index in [9.17, 15) is 13.6 Å². The van der Waals surface area contributed by atoms with Crippen molar-refractivity contribution in [2.45, 2.75) is 38.9 Å². The Kier molecular flexibility index (Phi) is 6.12. The molecule has 0 saturated carbocycles. The molecule has 2 atom stereocenters. The maximum absolute atomic E-state index is 13.6. The van der Waals surface area contributed by atoms with Gasteiger partial charge in [-0.1, -0.05) is 56.3 Å². The highest BCUT2D eigenvalue weighted by molar-refractivity contribution is 5.90. The average molecular weight is 436 g/mol. The molecule has 166 valence electrons. The maximum atomic E-state index is 13.6. The van der Waals surface area contributed by atoms with E-state index in [1.54, 1.807) is 0 Å². The minimum Gasteiger partial charge on any atom is -0.399 e. The smallest absolute Gasteiger partial charge is 0.229 e. The molecule has 6 heteroatoms. The first-order chi connectivity index (χ1) is 15.3. The van der Waals surface area contributed by atoms with Crippen LogP contribution in [0.3, 0.4) is 0 Å². The van der Waals surface area contributed by atoms with Crippen LogP contribution < -0.4 is 16.0 Å². The molecule has 1 heterocycles. The van der Waals surface area contributed by atoms with Gasteiger partial charge in [-0.15, -0.1) is 0 Å². The number of benzene rings is 3. The van der Waals surface area contributed by atoms with Gasteiger partial charge >= 0.3 is 0 Å². The lowest BCUT2D eigenvalue weighted by atomic mass is 9.87. The summed E-state index contributed by atoms with van der Waals surface area (Å²) >= 11 is 0.